The molecule has 2 saturated heterocycles. The van der Waals surface area contributed by atoms with Crippen molar-refractivity contribution in [3.05, 3.63) is 70.2 Å². The van der Waals surface area contributed by atoms with E-state index in [9.17, 15) is 14.4 Å². The fourth-order valence-corrected chi connectivity index (χ4v) is 4.85. The van der Waals surface area contributed by atoms with Gasteiger partial charge in [0, 0.05) is 48.1 Å². The quantitative estimate of drug-likeness (QED) is 0.720. The van der Waals surface area contributed by atoms with Gasteiger partial charge in [-0.3, -0.25) is 19.3 Å². The maximum absolute atomic E-state index is 13.8. The molecule has 7 nitrogen and oxygen atoms in total. The predicted molar refractivity (Wildman–Crippen MR) is 130 cm³/mol. The van der Waals surface area contributed by atoms with Gasteiger partial charge in [-0.25, -0.2) is 0 Å². The molecule has 4 rings (SSSR count). The summed E-state index contributed by atoms with van der Waals surface area (Å²) in [5, 5.41) is 3.50. The van der Waals surface area contributed by atoms with Crippen LogP contribution in [0, 0.1) is 6.92 Å². The van der Waals surface area contributed by atoms with E-state index < -0.39 is 11.8 Å². The van der Waals surface area contributed by atoms with E-state index in [1.54, 1.807) is 40.1 Å². The number of ether oxygens (including phenoxy) is 1. The highest BCUT2D eigenvalue weighted by atomic mass is 35.5. The molecule has 2 aromatic rings. The normalized spacial score (nSPS) is 19.5. The second kappa shape index (κ2) is 9.76. The molecule has 0 aromatic heterocycles. The van der Waals surface area contributed by atoms with Crippen LogP contribution in [0.3, 0.4) is 0 Å². The third-order valence-electron chi connectivity index (χ3n) is 6.51. The zero-order valence-electron chi connectivity index (χ0n) is 19.7. The van der Waals surface area contributed by atoms with Gasteiger partial charge in [0.25, 0.3) is 11.8 Å². The van der Waals surface area contributed by atoms with E-state index in [2.05, 4.69) is 5.32 Å². The first-order valence-electron chi connectivity index (χ1n) is 11.6. The molecule has 2 heterocycles. The molecule has 8 heteroatoms. The van der Waals surface area contributed by atoms with Crippen molar-refractivity contribution in [2.24, 2.45) is 0 Å². The molecule has 0 radical (unpaired) electrons. The van der Waals surface area contributed by atoms with Crippen LogP contribution in [0.4, 0.5) is 0 Å². The number of carbonyl (C=O) groups excluding carboxylic acids is 3. The summed E-state index contributed by atoms with van der Waals surface area (Å²) in [7, 11) is 0. The molecule has 2 aliphatic rings. The summed E-state index contributed by atoms with van der Waals surface area (Å²) in [5.74, 6) is -0.541. The topological polar surface area (TPSA) is 79.0 Å². The van der Waals surface area contributed by atoms with Crippen LogP contribution < -0.4 is 5.32 Å². The van der Waals surface area contributed by atoms with E-state index in [-0.39, 0.29) is 30.4 Å². The third kappa shape index (κ3) is 4.68. The van der Waals surface area contributed by atoms with Gasteiger partial charge in [-0.05, 0) is 56.7 Å². The summed E-state index contributed by atoms with van der Waals surface area (Å²) in [5.41, 5.74) is 1.02. The van der Waals surface area contributed by atoms with Gasteiger partial charge in [-0.1, -0.05) is 29.8 Å². The Labute approximate surface area is 205 Å². The first-order chi connectivity index (χ1) is 16.2. The van der Waals surface area contributed by atoms with Crippen molar-refractivity contribution in [2.45, 2.75) is 51.4 Å². The van der Waals surface area contributed by atoms with Gasteiger partial charge in [0.15, 0.2) is 0 Å². The average molecular weight is 484 g/mol. The van der Waals surface area contributed by atoms with Gasteiger partial charge in [0.2, 0.25) is 5.91 Å². The molecule has 180 valence electrons. The molecular formula is C26H30ClN3O4. The average Bonchev–Trinajstić information content (AvgIpc) is 3.18. The Hall–Kier alpha value is -2.90. The third-order valence-corrected chi connectivity index (χ3v) is 6.76. The maximum atomic E-state index is 13.8. The number of likely N-dealkylation sites (tertiary alicyclic amines) is 1. The highest BCUT2D eigenvalue weighted by molar-refractivity contribution is 6.30. The maximum Gasteiger partial charge on any atom is 0.257 e. The molecule has 0 saturated carbocycles. The van der Waals surface area contributed by atoms with Crippen molar-refractivity contribution in [3.63, 3.8) is 0 Å². The Morgan fingerprint density at radius 3 is 2.29 bits per heavy atom. The van der Waals surface area contributed by atoms with Crippen LogP contribution in [0.5, 0.6) is 0 Å². The molecule has 3 amide bonds. The van der Waals surface area contributed by atoms with Gasteiger partial charge in [0.05, 0.1) is 6.61 Å². The number of hydrogen-bond acceptors (Lipinski definition) is 4. The van der Waals surface area contributed by atoms with Crippen molar-refractivity contribution in [1.29, 1.82) is 0 Å². The molecule has 0 aliphatic carbocycles. The summed E-state index contributed by atoms with van der Waals surface area (Å²) in [6.45, 7) is 6.61. The summed E-state index contributed by atoms with van der Waals surface area (Å²) in [6.07, 6.45) is 0.852. The lowest BCUT2D eigenvalue weighted by molar-refractivity contribution is -0.128. The van der Waals surface area contributed by atoms with E-state index in [1.165, 1.54) is 0 Å². The van der Waals surface area contributed by atoms with Crippen molar-refractivity contribution in [2.75, 3.05) is 19.7 Å². The number of benzene rings is 2. The Balaban J connectivity index is 1.59. The van der Waals surface area contributed by atoms with Crippen molar-refractivity contribution < 1.29 is 19.1 Å². The summed E-state index contributed by atoms with van der Waals surface area (Å²) in [4.78, 5) is 43.2. The van der Waals surface area contributed by atoms with Crippen LogP contribution in [-0.4, -0.2) is 65.0 Å². The van der Waals surface area contributed by atoms with Crippen molar-refractivity contribution in [1.82, 2.24) is 15.1 Å². The first-order valence-corrected chi connectivity index (χ1v) is 12.0. The molecule has 1 N–H and O–H groups in total. The van der Waals surface area contributed by atoms with Gasteiger partial charge < -0.3 is 15.0 Å². The molecule has 2 aromatic carbocycles. The Kier molecular flexibility index (Phi) is 6.96. The lowest BCUT2D eigenvalue weighted by atomic mass is 9.95. The van der Waals surface area contributed by atoms with Crippen molar-refractivity contribution >= 4 is 29.3 Å². The van der Waals surface area contributed by atoms with Crippen LogP contribution in [0.2, 0.25) is 5.02 Å². The number of piperidine rings is 1. The molecule has 2 aliphatic heterocycles. The summed E-state index contributed by atoms with van der Waals surface area (Å²) in [6, 6.07) is 13.4. The molecule has 2 fully saturated rings. The smallest absolute Gasteiger partial charge is 0.257 e. The second-order valence-electron chi connectivity index (χ2n) is 9.23. The molecular weight excluding hydrogens is 454 g/mol. The minimum atomic E-state index is -0.935. The minimum Gasteiger partial charge on any atom is -0.353 e. The Bertz CT molecular complexity index is 1080. The summed E-state index contributed by atoms with van der Waals surface area (Å²) < 4.78 is 6.23. The van der Waals surface area contributed by atoms with E-state index in [0.29, 0.717) is 42.1 Å². The molecule has 1 atom stereocenters. The highest BCUT2D eigenvalue weighted by Gasteiger charge is 2.54. The van der Waals surface area contributed by atoms with Gasteiger partial charge in [-0.2, -0.15) is 0 Å². The lowest BCUT2D eigenvalue weighted by Gasteiger charge is -2.44. The number of halogens is 1. The van der Waals surface area contributed by atoms with Gasteiger partial charge >= 0.3 is 0 Å². The van der Waals surface area contributed by atoms with Crippen LogP contribution in [-0.2, 0) is 9.53 Å². The second-order valence-corrected chi connectivity index (χ2v) is 9.66. The number of amides is 3. The van der Waals surface area contributed by atoms with E-state index in [1.807, 2.05) is 39.0 Å². The molecule has 34 heavy (non-hydrogen) atoms. The van der Waals surface area contributed by atoms with Crippen molar-refractivity contribution in [3.8, 4) is 0 Å². The standard InChI is InChI=1S/C26H30ClN3O4/c1-17(2)28-23(31)22-16-34-26(30(22)25(33)21-7-5-4-6-18(21)3)12-14-29(15-13-26)24(32)19-8-10-20(27)11-9-19/h4-11,17,22H,12-16H2,1-3H3,(H,28,31)/t22-/m1/s1. The number of nitrogens with zero attached hydrogens (tertiary/aromatic N) is 2. The molecule has 0 bridgehead atoms. The number of carbonyl (C=O) groups is 3. The van der Waals surface area contributed by atoms with Crippen LogP contribution in [0.15, 0.2) is 48.5 Å². The Morgan fingerprint density at radius 2 is 1.68 bits per heavy atom. The van der Waals surface area contributed by atoms with E-state index in [0.717, 1.165) is 5.56 Å². The number of nitrogens with one attached hydrogen (secondary N) is 1. The zero-order chi connectivity index (χ0) is 24.5. The van der Waals surface area contributed by atoms with E-state index >= 15 is 0 Å². The van der Waals surface area contributed by atoms with E-state index in [4.69, 9.17) is 16.3 Å². The Morgan fingerprint density at radius 1 is 1.03 bits per heavy atom. The fraction of sp³-hybridized carbons (Fsp3) is 0.423. The van der Waals surface area contributed by atoms with Gasteiger partial charge in [-0.15, -0.1) is 0 Å². The predicted octanol–water partition coefficient (Wildman–Crippen LogP) is 3.65. The number of rotatable bonds is 4. The molecule has 0 unspecified atom stereocenters. The first kappa shape index (κ1) is 24.2. The molecule has 1 spiro atoms. The van der Waals surface area contributed by atoms with Crippen LogP contribution in [0.1, 0.15) is 53.0 Å². The SMILES string of the molecule is Cc1ccccc1C(=O)N1[C@@H](C(=O)NC(C)C)COC12CCN(C(=O)c1ccc(Cl)cc1)CC2. The lowest BCUT2D eigenvalue weighted by Crippen LogP contribution is -2.60. The summed E-state index contributed by atoms with van der Waals surface area (Å²) >= 11 is 5.95. The van der Waals surface area contributed by atoms with Gasteiger partial charge in [0.1, 0.15) is 11.8 Å². The van der Waals surface area contributed by atoms with Crippen LogP contribution in [0.25, 0.3) is 0 Å². The number of aryl methyl sites for hydroxylation is 1. The number of hydrogen-bond donors (Lipinski definition) is 1. The largest absolute Gasteiger partial charge is 0.353 e. The zero-order valence-corrected chi connectivity index (χ0v) is 20.5. The monoisotopic (exact) mass is 483 g/mol. The fourth-order valence-electron chi connectivity index (χ4n) is 4.72. The minimum absolute atomic E-state index is 0.0571. The highest BCUT2D eigenvalue weighted by Crippen LogP contribution is 2.39. The van der Waals surface area contributed by atoms with Crippen LogP contribution >= 0.6 is 11.6 Å².